The molecule has 1 aliphatic rings. The number of hydrogen-bond donors (Lipinski definition) is 1. The Bertz CT molecular complexity index is 748. The van der Waals surface area contributed by atoms with Crippen LogP contribution in [0.5, 0.6) is 0 Å². The van der Waals surface area contributed by atoms with Crippen molar-refractivity contribution in [2.75, 3.05) is 56.5 Å². The third-order valence-electron chi connectivity index (χ3n) is 3.87. The number of hydrogen-bond acceptors (Lipinski definition) is 7. The number of carbonyl (C=O) groups excluding carboxylic acids is 1. The van der Waals surface area contributed by atoms with Gasteiger partial charge in [0.15, 0.2) is 0 Å². The molecule has 1 saturated heterocycles. The number of nitrogens with one attached hydrogen (secondary N) is 1. The molecule has 1 aromatic carbocycles. The van der Waals surface area contributed by atoms with Gasteiger partial charge >= 0.3 is 0 Å². The maximum Gasteiger partial charge on any atom is 0.271 e. The second-order valence-electron chi connectivity index (χ2n) is 5.85. The molecule has 10 nitrogen and oxygen atoms in total. The van der Waals surface area contributed by atoms with Crippen LogP contribution in [0.25, 0.3) is 0 Å². The largest absolute Gasteiger partial charge is 0.379 e. The second-order valence-corrected chi connectivity index (χ2v) is 7.76. The molecule has 0 saturated carbocycles. The molecule has 2 rings (SSSR count). The third-order valence-corrected chi connectivity index (χ3v) is 5.01. The molecule has 1 fully saturated rings. The van der Waals surface area contributed by atoms with Crippen LogP contribution >= 0.6 is 0 Å². The van der Waals surface area contributed by atoms with E-state index < -0.39 is 27.4 Å². The number of ether oxygens (including phenoxy) is 1. The van der Waals surface area contributed by atoms with Gasteiger partial charge in [0, 0.05) is 38.3 Å². The maximum absolute atomic E-state index is 12.1. The van der Waals surface area contributed by atoms with Crippen molar-refractivity contribution in [1.82, 2.24) is 10.2 Å². The van der Waals surface area contributed by atoms with Gasteiger partial charge in [-0.05, 0) is 6.07 Å². The lowest BCUT2D eigenvalue weighted by Crippen LogP contribution is -2.44. The number of amides is 1. The first-order valence-corrected chi connectivity index (χ1v) is 9.91. The van der Waals surface area contributed by atoms with Crippen LogP contribution in [0, 0.1) is 10.1 Å². The topological polar surface area (TPSA) is 122 Å². The Hall–Kier alpha value is -2.24. The van der Waals surface area contributed by atoms with Gasteiger partial charge in [0.25, 0.3) is 5.69 Å². The van der Waals surface area contributed by atoms with Gasteiger partial charge in [0.05, 0.1) is 30.1 Å². The number of anilines is 1. The smallest absolute Gasteiger partial charge is 0.271 e. The fourth-order valence-electron chi connectivity index (χ4n) is 2.53. The first-order chi connectivity index (χ1) is 12.3. The van der Waals surface area contributed by atoms with Gasteiger partial charge in [-0.25, -0.2) is 8.42 Å². The van der Waals surface area contributed by atoms with E-state index in [1.54, 1.807) is 0 Å². The highest BCUT2D eigenvalue weighted by Gasteiger charge is 2.22. The molecule has 0 radical (unpaired) electrons. The summed E-state index contributed by atoms with van der Waals surface area (Å²) in [5.74, 6) is -0.477. The molecule has 1 aromatic rings. The molecular weight excluding hydrogens is 364 g/mol. The van der Waals surface area contributed by atoms with Crippen molar-refractivity contribution < 1.29 is 22.9 Å². The summed E-state index contributed by atoms with van der Waals surface area (Å²) < 4.78 is 30.1. The first-order valence-electron chi connectivity index (χ1n) is 8.06. The van der Waals surface area contributed by atoms with Crippen molar-refractivity contribution in [1.29, 1.82) is 0 Å². The van der Waals surface area contributed by atoms with Crippen molar-refractivity contribution in [3.8, 4) is 0 Å². The van der Waals surface area contributed by atoms with E-state index in [9.17, 15) is 23.3 Å². The van der Waals surface area contributed by atoms with E-state index in [2.05, 4.69) is 10.2 Å². The number of sulfonamides is 1. The molecule has 0 aromatic heterocycles. The second kappa shape index (κ2) is 8.92. The highest BCUT2D eigenvalue weighted by molar-refractivity contribution is 7.92. The number of nitro benzene ring substituents is 1. The van der Waals surface area contributed by atoms with Crippen molar-refractivity contribution in [2.45, 2.75) is 0 Å². The molecule has 11 heteroatoms. The summed E-state index contributed by atoms with van der Waals surface area (Å²) in [4.78, 5) is 24.5. The molecule has 1 amide bonds. The molecule has 26 heavy (non-hydrogen) atoms. The van der Waals surface area contributed by atoms with E-state index in [0.29, 0.717) is 26.3 Å². The Morgan fingerprint density at radius 2 is 2.08 bits per heavy atom. The number of benzene rings is 1. The summed E-state index contributed by atoms with van der Waals surface area (Å²) >= 11 is 0. The van der Waals surface area contributed by atoms with Gasteiger partial charge < -0.3 is 10.1 Å². The molecular formula is C15H22N4O6S. The number of morpholine rings is 1. The highest BCUT2D eigenvalue weighted by atomic mass is 32.2. The van der Waals surface area contributed by atoms with Crippen LogP contribution in [-0.4, -0.2) is 76.3 Å². The van der Waals surface area contributed by atoms with Crippen LogP contribution in [0.15, 0.2) is 24.3 Å². The fourth-order valence-corrected chi connectivity index (χ4v) is 3.37. The zero-order chi connectivity index (χ0) is 19.2. The van der Waals surface area contributed by atoms with Crippen molar-refractivity contribution in [3.63, 3.8) is 0 Å². The lowest BCUT2D eigenvalue weighted by atomic mass is 10.3. The van der Waals surface area contributed by atoms with E-state index >= 15 is 0 Å². The Morgan fingerprint density at radius 3 is 2.69 bits per heavy atom. The Kier molecular flexibility index (Phi) is 6.89. The van der Waals surface area contributed by atoms with Crippen LogP contribution < -0.4 is 9.62 Å². The minimum atomic E-state index is -3.78. The van der Waals surface area contributed by atoms with Crippen molar-refractivity contribution >= 4 is 27.3 Å². The predicted molar refractivity (Wildman–Crippen MR) is 95.6 cm³/mol. The average Bonchev–Trinajstić information content (AvgIpc) is 2.59. The molecule has 0 atom stereocenters. The molecule has 1 aliphatic heterocycles. The minimum absolute atomic E-state index is 0.0741. The van der Waals surface area contributed by atoms with E-state index in [1.807, 2.05) is 0 Å². The van der Waals surface area contributed by atoms with E-state index in [-0.39, 0.29) is 11.4 Å². The number of carbonyl (C=O) groups is 1. The summed E-state index contributed by atoms with van der Waals surface area (Å²) in [6, 6.07) is 5.17. The molecule has 144 valence electrons. The summed E-state index contributed by atoms with van der Waals surface area (Å²) in [7, 11) is -3.78. The van der Waals surface area contributed by atoms with Gasteiger partial charge in [0.1, 0.15) is 6.54 Å². The van der Waals surface area contributed by atoms with Crippen molar-refractivity contribution in [3.05, 3.63) is 34.4 Å². The SMILES string of the molecule is CS(=O)(=O)N(CC(=O)NCCN1CCOCC1)c1cccc([N+](=O)[O-])c1. The molecule has 0 unspecified atom stereocenters. The zero-order valence-electron chi connectivity index (χ0n) is 14.5. The standard InChI is InChI=1S/C15H22N4O6S/c1-26(23,24)18(13-3-2-4-14(11-13)19(21)22)12-15(20)16-5-6-17-7-9-25-10-8-17/h2-4,11H,5-10,12H2,1H3,(H,16,20). The van der Waals surface area contributed by atoms with E-state index in [0.717, 1.165) is 29.7 Å². The predicted octanol–water partition coefficient (Wildman–Crippen LogP) is -0.191. The fraction of sp³-hybridized carbons (Fsp3) is 0.533. The van der Waals surface area contributed by atoms with Crippen molar-refractivity contribution in [2.24, 2.45) is 0 Å². The first kappa shape index (κ1) is 20.1. The summed E-state index contributed by atoms with van der Waals surface area (Å²) in [6.07, 6.45) is 0.951. The average molecular weight is 386 g/mol. The quantitative estimate of drug-likeness (QED) is 0.485. The number of nitrogens with zero attached hydrogens (tertiary/aromatic N) is 3. The van der Waals surface area contributed by atoms with Crippen LogP contribution in [0.3, 0.4) is 0 Å². The van der Waals surface area contributed by atoms with E-state index in [1.165, 1.54) is 18.2 Å². The number of nitro groups is 1. The van der Waals surface area contributed by atoms with Gasteiger partial charge in [-0.2, -0.15) is 0 Å². The van der Waals surface area contributed by atoms with Gasteiger partial charge in [-0.1, -0.05) is 6.07 Å². The van der Waals surface area contributed by atoms with Crippen LogP contribution in [-0.2, 0) is 19.6 Å². The monoisotopic (exact) mass is 386 g/mol. The highest BCUT2D eigenvalue weighted by Crippen LogP contribution is 2.22. The summed E-state index contributed by atoms with van der Waals surface area (Å²) in [6.45, 7) is 3.47. The summed E-state index contributed by atoms with van der Waals surface area (Å²) in [5, 5.41) is 13.6. The normalized spacial score (nSPS) is 15.4. The Balaban J connectivity index is 1.98. The molecule has 0 aliphatic carbocycles. The molecule has 1 heterocycles. The third kappa shape index (κ3) is 5.93. The van der Waals surface area contributed by atoms with Gasteiger partial charge in [-0.15, -0.1) is 0 Å². The Morgan fingerprint density at radius 1 is 1.38 bits per heavy atom. The van der Waals surface area contributed by atoms with Crippen LogP contribution in [0.1, 0.15) is 0 Å². The maximum atomic E-state index is 12.1. The zero-order valence-corrected chi connectivity index (χ0v) is 15.3. The lowest BCUT2D eigenvalue weighted by molar-refractivity contribution is -0.384. The molecule has 1 N–H and O–H groups in total. The minimum Gasteiger partial charge on any atom is -0.379 e. The lowest BCUT2D eigenvalue weighted by Gasteiger charge is -2.27. The van der Waals surface area contributed by atoms with Crippen LogP contribution in [0.2, 0.25) is 0 Å². The van der Waals surface area contributed by atoms with Crippen LogP contribution in [0.4, 0.5) is 11.4 Å². The summed E-state index contributed by atoms with van der Waals surface area (Å²) in [5.41, 5.74) is -0.172. The van der Waals surface area contributed by atoms with Gasteiger partial charge in [-0.3, -0.25) is 24.1 Å². The Labute approximate surface area is 151 Å². The molecule has 0 bridgehead atoms. The van der Waals surface area contributed by atoms with Gasteiger partial charge in [0.2, 0.25) is 15.9 Å². The van der Waals surface area contributed by atoms with E-state index in [4.69, 9.17) is 4.74 Å². The number of non-ortho nitro benzene ring substituents is 1. The molecule has 0 spiro atoms. The number of rotatable bonds is 8.